The Morgan fingerprint density at radius 3 is 2.68 bits per heavy atom. The topological polar surface area (TPSA) is 12.0 Å². The first-order valence-corrected chi connectivity index (χ1v) is 7.49. The van der Waals surface area contributed by atoms with Gasteiger partial charge in [-0.05, 0) is 53.6 Å². The number of nitrogens with one attached hydrogen (secondary N) is 1. The Morgan fingerprint density at radius 1 is 1.05 bits per heavy atom. The molecule has 1 saturated carbocycles. The third kappa shape index (κ3) is 3.16. The van der Waals surface area contributed by atoms with Crippen molar-refractivity contribution in [2.75, 3.05) is 6.54 Å². The van der Waals surface area contributed by atoms with Crippen LogP contribution >= 0.6 is 0 Å². The summed E-state index contributed by atoms with van der Waals surface area (Å²) in [5.41, 5.74) is 1.39. The van der Waals surface area contributed by atoms with E-state index in [2.05, 4.69) is 54.7 Å². The normalized spacial score (nSPS) is 23.0. The van der Waals surface area contributed by atoms with Crippen molar-refractivity contribution in [3.63, 3.8) is 0 Å². The molecule has 2 aromatic carbocycles. The Morgan fingerprint density at radius 2 is 1.89 bits per heavy atom. The average molecular weight is 253 g/mol. The first kappa shape index (κ1) is 12.7. The summed E-state index contributed by atoms with van der Waals surface area (Å²) in [5, 5.41) is 6.30. The molecule has 0 bridgehead atoms. The SMILES string of the molecule is CC1CCC(CNCc2ccc3ccccc3c2)C1. The molecule has 1 nitrogen and oxygen atoms in total. The van der Waals surface area contributed by atoms with Gasteiger partial charge in [-0.3, -0.25) is 0 Å². The zero-order chi connectivity index (χ0) is 13.1. The zero-order valence-electron chi connectivity index (χ0n) is 11.7. The molecule has 1 heteroatoms. The van der Waals surface area contributed by atoms with E-state index in [0.29, 0.717) is 0 Å². The molecule has 2 atom stereocenters. The average Bonchev–Trinajstić information content (AvgIpc) is 2.84. The van der Waals surface area contributed by atoms with Gasteiger partial charge in [0.2, 0.25) is 0 Å². The fraction of sp³-hybridized carbons (Fsp3) is 0.444. The number of hydrogen-bond donors (Lipinski definition) is 1. The Balaban J connectivity index is 1.56. The first-order valence-electron chi connectivity index (χ1n) is 7.49. The molecular formula is C18H23N. The minimum atomic E-state index is 0.899. The summed E-state index contributed by atoms with van der Waals surface area (Å²) in [4.78, 5) is 0. The van der Waals surface area contributed by atoms with Crippen LogP contribution in [-0.2, 0) is 6.54 Å². The monoisotopic (exact) mass is 253 g/mol. The van der Waals surface area contributed by atoms with E-state index in [9.17, 15) is 0 Å². The van der Waals surface area contributed by atoms with Crippen LogP contribution in [0.15, 0.2) is 42.5 Å². The maximum absolute atomic E-state index is 3.63. The van der Waals surface area contributed by atoms with E-state index in [1.54, 1.807) is 0 Å². The van der Waals surface area contributed by atoms with Crippen LogP contribution in [0.25, 0.3) is 10.8 Å². The molecule has 1 aliphatic rings. The Bertz CT molecular complexity index is 546. The van der Waals surface area contributed by atoms with Crippen molar-refractivity contribution >= 4 is 10.8 Å². The molecule has 2 aromatic rings. The molecule has 0 radical (unpaired) electrons. The highest BCUT2D eigenvalue weighted by molar-refractivity contribution is 5.82. The van der Waals surface area contributed by atoms with Crippen molar-refractivity contribution in [1.29, 1.82) is 0 Å². The van der Waals surface area contributed by atoms with Crippen molar-refractivity contribution < 1.29 is 0 Å². The number of hydrogen-bond acceptors (Lipinski definition) is 1. The molecule has 0 aliphatic heterocycles. The van der Waals surface area contributed by atoms with Crippen LogP contribution in [0.3, 0.4) is 0 Å². The predicted octanol–water partition coefficient (Wildman–Crippen LogP) is 4.37. The second-order valence-corrected chi connectivity index (χ2v) is 6.10. The molecule has 19 heavy (non-hydrogen) atoms. The highest BCUT2D eigenvalue weighted by Crippen LogP contribution is 2.29. The third-order valence-electron chi connectivity index (χ3n) is 4.38. The second kappa shape index (κ2) is 5.75. The minimum absolute atomic E-state index is 0.899. The summed E-state index contributed by atoms with van der Waals surface area (Å²) in [6, 6.07) is 15.3. The van der Waals surface area contributed by atoms with Gasteiger partial charge in [-0.15, -0.1) is 0 Å². The molecule has 100 valence electrons. The molecule has 1 fully saturated rings. The molecule has 2 unspecified atom stereocenters. The fourth-order valence-corrected chi connectivity index (χ4v) is 3.28. The van der Waals surface area contributed by atoms with Gasteiger partial charge in [0.05, 0.1) is 0 Å². The van der Waals surface area contributed by atoms with Crippen molar-refractivity contribution in [3.05, 3.63) is 48.0 Å². The lowest BCUT2D eigenvalue weighted by molar-refractivity contribution is 0.471. The summed E-state index contributed by atoms with van der Waals surface area (Å²) >= 11 is 0. The van der Waals surface area contributed by atoms with E-state index in [4.69, 9.17) is 0 Å². The zero-order valence-corrected chi connectivity index (χ0v) is 11.7. The largest absolute Gasteiger partial charge is 0.312 e. The predicted molar refractivity (Wildman–Crippen MR) is 82.2 cm³/mol. The van der Waals surface area contributed by atoms with Gasteiger partial charge in [-0.25, -0.2) is 0 Å². The molecule has 0 heterocycles. The quantitative estimate of drug-likeness (QED) is 0.853. The molecular weight excluding hydrogens is 230 g/mol. The maximum atomic E-state index is 3.63. The second-order valence-electron chi connectivity index (χ2n) is 6.10. The van der Waals surface area contributed by atoms with E-state index in [1.807, 2.05) is 0 Å². The van der Waals surface area contributed by atoms with Crippen molar-refractivity contribution in [1.82, 2.24) is 5.32 Å². The smallest absolute Gasteiger partial charge is 0.0205 e. The van der Waals surface area contributed by atoms with Gasteiger partial charge >= 0.3 is 0 Å². The number of rotatable bonds is 4. The van der Waals surface area contributed by atoms with Crippen LogP contribution < -0.4 is 5.32 Å². The molecule has 0 saturated heterocycles. The van der Waals surface area contributed by atoms with E-state index >= 15 is 0 Å². The highest BCUT2D eigenvalue weighted by atomic mass is 14.9. The molecule has 0 spiro atoms. The van der Waals surface area contributed by atoms with Gasteiger partial charge in [0.25, 0.3) is 0 Å². The Hall–Kier alpha value is -1.34. The van der Waals surface area contributed by atoms with Crippen LogP contribution in [0.2, 0.25) is 0 Å². The molecule has 0 aromatic heterocycles. The van der Waals surface area contributed by atoms with Gasteiger partial charge in [0.1, 0.15) is 0 Å². The fourth-order valence-electron chi connectivity index (χ4n) is 3.28. The Labute approximate surface area is 116 Å². The summed E-state index contributed by atoms with van der Waals surface area (Å²) in [6.07, 6.45) is 4.24. The molecule has 3 rings (SSSR count). The lowest BCUT2D eigenvalue weighted by Gasteiger charge is -2.11. The van der Waals surface area contributed by atoms with Crippen LogP contribution in [0.1, 0.15) is 31.7 Å². The van der Waals surface area contributed by atoms with Gasteiger partial charge in [-0.2, -0.15) is 0 Å². The summed E-state index contributed by atoms with van der Waals surface area (Å²) < 4.78 is 0. The summed E-state index contributed by atoms with van der Waals surface area (Å²) in [7, 11) is 0. The van der Waals surface area contributed by atoms with Gasteiger partial charge in [-0.1, -0.05) is 49.7 Å². The minimum Gasteiger partial charge on any atom is -0.312 e. The van der Waals surface area contributed by atoms with Crippen molar-refractivity contribution in [2.24, 2.45) is 11.8 Å². The van der Waals surface area contributed by atoms with Gasteiger partial charge in [0.15, 0.2) is 0 Å². The van der Waals surface area contributed by atoms with Crippen molar-refractivity contribution in [3.8, 4) is 0 Å². The van der Waals surface area contributed by atoms with Gasteiger partial charge < -0.3 is 5.32 Å². The summed E-state index contributed by atoms with van der Waals surface area (Å²) in [6.45, 7) is 4.55. The molecule has 1 N–H and O–H groups in total. The van der Waals surface area contributed by atoms with E-state index in [-0.39, 0.29) is 0 Å². The van der Waals surface area contributed by atoms with E-state index in [0.717, 1.165) is 18.4 Å². The maximum Gasteiger partial charge on any atom is 0.0205 e. The van der Waals surface area contributed by atoms with E-state index < -0.39 is 0 Å². The third-order valence-corrected chi connectivity index (χ3v) is 4.38. The van der Waals surface area contributed by atoms with Crippen LogP contribution in [0.4, 0.5) is 0 Å². The first-order chi connectivity index (χ1) is 9.31. The van der Waals surface area contributed by atoms with Gasteiger partial charge in [0, 0.05) is 6.54 Å². The molecule has 0 amide bonds. The van der Waals surface area contributed by atoms with Crippen LogP contribution in [0, 0.1) is 11.8 Å². The molecule has 1 aliphatic carbocycles. The van der Waals surface area contributed by atoms with Crippen LogP contribution in [0.5, 0.6) is 0 Å². The number of fused-ring (bicyclic) bond motifs is 1. The highest BCUT2D eigenvalue weighted by Gasteiger charge is 2.20. The van der Waals surface area contributed by atoms with Crippen LogP contribution in [-0.4, -0.2) is 6.54 Å². The Kier molecular flexibility index (Phi) is 3.84. The number of benzene rings is 2. The lowest BCUT2D eigenvalue weighted by atomic mass is 10.1. The summed E-state index contributed by atoms with van der Waals surface area (Å²) in [5.74, 6) is 1.84. The lowest BCUT2D eigenvalue weighted by Crippen LogP contribution is -2.20. The standard InChI is InChI=1S/C18H23N/c1-14-6-7-15(10-14)12-19-13-16-8-9-17-4-2-3-5-18(17)11-16/h2-5,8-9,11,14-15,19H,6-7,10,12-13H2,1H3. The van der Waals surface area contributed by atoms with E-state index in [1.165, 1.54) is 42.1 Å². The van der Waals surface area contributed by atoms with Crippen molar-refractivity contribution in [2.45, 2.75) is 32.7 Å².